The first-order chi connectivity index (χ1) is 4.88. The molecule has 0 aliphatic rings. The molecular weight excluding hydrogens is 230 g/mol. The largest absolute Gasteiger partial charge is 0.323 e. The van der Waals surface area contributed by atoms with E-state index in [0.29, 0.717) is 0 Å². The molecular formula is C6H3BrNS2+. The maximum absolute atomic E-state index is 4.23. The van der Waals surface area contributed by atoms with Crippen LogP contribution >= 0.6 is 36.8 Å². The van der Waals surface area contributed by atoms with E-state index in [4.69, 9.17) is 0 Å². The monoisotopic (exact) mass is 232 g/mol. The Bertz CT molecular complexity index is 357. The van der Waals surface area contributed by atoms with Crippen molar-refractivity contribution >= 4 is 47.0 Å². The summed E-state index contributed by atoms with van der Waals surface area (Å²) >= 11 is 3.43. The Labute approximate surface area is 74.0 Å². The van der Waals surface area contributed by atoms with E-state index in [2.05, 4.69) is 26.4 Å². The van der Waals surface area contributed by atoms with Crippen molar-refractivity contribution in [1.29, 1.82) is 0 Å². The highest BCUT2D eigenvalue weighted by atomic mass is 79.9. The van der Waals surface area contributed by atoms with E-state index < -0.39 is 0 Å². The predicted molar refractivity (Wildman–Crippen MR) is 49.6 cm³/mol. The summed E-state index contributed by atoms with van der Waals surface area (Å²) in [6.07, 6.45) is 0. The van der Waals surface area contributed by atoms with E-state index in [1.807, 2.05) is 12.1 Å². The van der Waals surface area contributed by atoms with Crippen LogP contribution in [0.1, 0.15) is 0 Å². The van der Waals surface area contributed by atoms with Gasteiger partial charge in [-0.05, 0) is 22.0 Å². The van der Waals surface area contributed by atoms with Gasteiger partial charge in [-0.25, -0.2) is 0 Å². The first-order valence-electron chi connectivity index (χ1n) is 2.71. The molecule has 1 heterocycles. The molecule has 0 aliphatic heterocycles. The molecule has 0 unspecified atom stereocenters. The zero-order valence-electron chi connectivity index (χ0n) is 4.87. The molecule has 10 heavy (non-hydrogen) atoms. The van der Waals surface area contributed by atoms with E-state index in [1.165, 1.54) is 15.2 Å². The van der Waals surface area contributed by atoms with Crippen LogP contribution in [0.4, 0.5) is 0 Å². The van der Waals surface area contributed by atoms with Gasteiger partial charge in [0.2, 0.25) is 0 Å². The highest BCUT2D eigenvalue weighted by Gasteiger charge is 2.10. The smallest absolute Gasteiger partial charge is 0.133 e. The van der Waals surface area contributed by atoms with Gasteiger partial charge in [0.05, 0.1) is 4.47 Å². The fourth-order valence-electron chi connectivity index (χ4n) is 0.747. The number of nitrogens with zero attached hydrogens (tertiary/aromatic N) is 1. The first-order valence-corrected chi connectivity index (χ1v) is 5.61. The summed E-state index contributed by atoms with van der Waals surface area (Å²) in [5.41, 5.74) is 1.08. The molecule has 0 atom stereocenters. The fraction of sp³-hybridized carbons (Fsp3) is 0. The van der Waals surface area contributed by atoms with Crippen LogP contribution in [-0.4, -0.2) is 4.37 Å². The zero-order valence-corrected chi connectivity index (χ0v) is 8.09. The van der Waals surface area contributed by atoms with Gasteiger partial charge < -0.3 is 0 Å². The van der Waals surface area contributed by atoms with Crippen molar-refractivity contribution in [2.45, 2.75) is 0 Å². The summed E-state index contributed by atoms with van der Waals surface area (Å²) in [4.78, 5) is 0. The van der Waals surface area contributed by atoms with Crippen molar-refractivity contribution < 1.29 is 0 Å². The van der Waals surface area contributed by atoms with Crippen LogP contribution in [0, 0.1) is 0 Å². The maximum atomic E-state index is 4.23. The lowest BCUT2D eigenvalue weighted by atomic mass is 10.3. The molecule has 0 fully saturated rings. The fourth-order valence-corrected chi connectivity index (χ4v) is 3.25. The second kappa shape index (κ2) is 2.53. The molecule has 1 nitrogen and oxygen atoms in total. The molecule has 2 aromatic rings. The lowest BCUT2D eigenvalue weighted by Crippen LogP contribution is -1.66. The van der Waals surface area contributed by atoms with Crippen molar-refractivity contribution in [2.75, 3.05) is 0 Å². The van der Waals surface area contributed by atoms with E-state index in [-0.39, 0.29) is 0 Å². The third-order valence-corrected chi connectivity index (χ3v) is 3.67. The minimum absolute atomic E-state index is 1.08. The van der Waals surface area contributed by atoms with Crippen LogP contribution in [0.2, 0.25) is 0 Å². The van der Waals surface area contributed by atoms with Crippen LogP contribution in [0.15, 0.2) is 22.7 Å². The van der Waals surface area contributed by atoms with Crippen LogP contribution in [0.3, 0.4) is 0 Å². The zero-order chi connectivity index (χ0) is 6.97. The number of hydrogen-bond donors (Lipinski definition) is 0. The Morgan fingerprint density at radius 3 is 3.20 bits per heavy atom. The number of fused-ring (bicyclic) bond motifs is 1. The summed E-state index contributed by atoms with van der Waals surface area (Å²) in [5.74, 6) is 0. The van der Waals surface area contributed by atoms with Gasteiger partial charge in [0, 0.05) is 6.07 Å². The minimum Gasteiger partial charge on any atom is -0.133 e. The summed E-state index contributed by atoms with van der Waals surface area (Å²) in [7, 11) is 3.23. The maximum Gasteiger partial charge on any atom is 0.323 e. The molecule has 0 radical (unpaired) electrons. The van der Waals surface area contributed by atoms with Gasteiger partial charge in [0.1, 0.15) is 0 Å². The molecule has 0 bridgehead atoms. The summed E-state index contributed by atoms with van der Waals surface area (Å²) in [5, 5.41) is 0. The molecule has 0 saturated heterocycles. The molecule has 0 spiro atoms. The van der Waals surface area contributed by atoms with E-state index in [9.17, 15) is 0 Å². The standard InChI is InChI=1S/C6H3BrNS2/c7-4-2-1-3-5-6(4)8-10-9-5/h1-3H/q+1. The van der Waals surface area contributed by atoms with E-state index in [0.717, 1.165) is 9.99 Å². The lowest BCUT2D eigenvalue weighted by Gasteiger charge is -1.82. The number of hydrogen-bond acceptors (Lipinski definition) is 2. The number of rotatable bonds is 0. The van der Waals surface area contributed by atoms with Gasteiger partial charge in [-0.2, -0.15) is 0 Å². The second-order valence-electron chi connectivity index (χ2n) is 1.84. The Hall–Kier alpha value is -0.0600. The molecule has 0 saturated carbocycles. The quantitative estimate of drug-likeness (QED) is 0.502. The summed E-state index contributed by atoms with van der Waals surface area (Å²) < 4.78 is 6.57. The average molecular weight is 233 g/mol. The lowest BCUT2D eigenvalue weighted by molar-refractivity contribution is 1.63. The van der Waals surface area contributed by atoms with Crippen molar-refractivity contribution in [1.82, 2.24) is 4.37 Å². The predicted octanol–water partition coefficient (Wildman–Crippen LogP) is 3.40. The molecule has 50 valence electrons. The second-order valence-corrected chi connectivity index (χ2v) is 4.58. The molecule has 1 aromatic carbocycles. The van der Waals surface area contributed by atoms with E-state index in [1.54, 1.807) is 10.3 Å². The van der Waals surface area contributed by atoms with Crippen molar-refractivity contribution in [3.63, 3.8) is 0 Å². The van der Waals surface area contributed by atoms with Crippen molar-refractivity contribution in [2.24, 2.45) is 0 Å². The molecule has 0 N–H and O–H groups in total. The van der Waals surface area contributed by atoms with Crippen LogP contribution < -0.4 is 0 Å². The first kappa shape index (κ1) is 6.64. The van der Waals surface area contributed by atoms with Crippen LogP contribution in [0.5, 0.6) is 0 Å². The minimum atomic E-state index is 1.08. The summed E-state index contributed by atoms with van der Waals surface area (Å²) in [6.45, 7) is 0. The van der Waals surface area contributed by atoms with Gasteiger partial charge in [-0.15, -0.1) is 4.37 Å². The molecule has 0 amide bonds. The van der Waals surface area contributed by atoms with Gasteiger partial charge in [0.25, 0.3) is 15.2 Å². The Morgan fingerprint density at radius 1 is 1.50 bits per heavy atom. The molecule has 2 rings (SSSR count). The number of aromatic nitrogens is 1. The van der Waals surface area contributed by atoms with Crippen LogP contribution in [0.25, 0.3) is 10.2 Å². The van der Waals surface area contributed by atoms with Gasteiger partial charge in [-0.3, -0.25) is 0 Å². The molecule has 1 aromatic heterocycles. The average Bonchev–Trinajstić information content (AvgIpc) is 2.36. The van der Waals surface area contributed by atoms with Crippen molar-refractivity contribution in [3.8, 4) is 0 Å². The number of halogens is 1. The summed E-state index contributed by atoms with van der Waals surface area (Å²) in [6, 6.07) is 6.11. The Kier molecular flexibility index (Phi) is 1.68. The molecule has 4 heteroatoms. The SMILES string of the molecule is Brc1cccc2[s+]snc12. The topological polar surface area (TPSA) is 12.9 Å². The third-order valence-electron chi connectivity index (χ3n) is 1.21. The van der Waals surface area contributed by atoms with Gasteiger partial charge in [0.15, 0.2) is 5.52 Å². The van der Waals surface area contributed by atoms with E-state index >= 15 is 0 Å². The third kappa shape index (κ3) is 0.962. The highest BCUT2D eigenvalue weighted by molar-refractivity contribution is 9.10. The van der Waals surface area contributed by atoms with Crippen molar-refractivity contribution in [3.05, 3.63) is 22.7 Å². The molecule has 0 aliphatic carbocycles. The number of benzene rings is 1. The van der Waals surface area contributed by atoms with Gasteiger partial charge in [-0.1, -0.05) is 6.07 Å². The van der Waals surface area contributed by atoms with Crippen LogP contribution in [-0.2, 0) is 0 Å². The Balaban J connectivity index is 2.95. The highest BCUT2D eigenvalue weighted by Crippen LogP contribution is 2.27. The Morgan fingerprint density at radius 2 is 2.40 bits per heavy atom. The van der Waals surface area contributed by atoms with Gasteiger partial charge >= 0.3 is 10.3 Å². The normalized spacial score (nSPS) is 10.5.